The molecule has 0 aliphatic heterocycles. The first-order chi connectivity index (χ1) is 7.04. The molecule has 0 saturated carbocycles. The van der Waals surface area contributed by atoms with E-state index in [1.54, 1.807) is 19.9 Å². The summed E-state index contributed by atoms with van der Waals surface area (Å²) >= 11 is 5.22. The van der Waals surface area contributed by atoms with Gasteiger partial charge >= 0.3 is 0 Å². The van der Waals surface area contributed by atoms with Gasteiger partial charge in [-0.1, -0.05) is 5.92 Å². The summed E-state index contributed by atoms with van der Waals surface area (Å²) in [5, 5.41) is -0.564. The average molecular weight is 225 g/mol. The highest BCUT2D eigenvalue weighted by atomic mass is 35.5. The molecule has 0 atom stereocenters. The van der Waals surface area contributed by atoms with Gasteiger partial charge in [0.15, 0.2) is 0 Å². The van der Waals surface area contributed by atoms with Gasteiger partial charge in [-0.05, 0) is 48.7 Å². The summed E-state index contributed by atoms with van der Waals surface area (Å²) in [4.78, 5) is 10.7. The summed E-state index contributed by atoms with van der Waals surface area (Å²) in [5.41, 5.74) is 1.65. The number of halogens is 2. The molecule has 3 heteroatoms. The molecular weight excluding hydrogens is 215 g/mol. The van der Waals surface area contributed by atoms with E-state index in [-0.39, 0.29) is 6.42 Å². The van der Waals surface area contributed by atoms with Crippen LogP contribution in [0.4, 0.5) is 4.39 Å². The minimum Gasteiger partial charge on any atom is -0.281 e. The lowest BCUT2D eigenvalue weighted by Gasteiger charge is -2.05. The molecular formula is C12H10ClFO. The molecule has 0 fully saturated rings. The van der Waals surface area contributed by atoms with Gasteiger partial charge in [-0.15, -0.1) is 5.92 Å². The first-order valence-corrected chi connectivity index (χ1v) is 4.82. The molecule has 1 nitrogen and oxygen atoms in total. The second kappa shape index (κ2) is 4.95. The second-order valence-corrected chi connectivity index (χ2v) is 3.58. The predicted molar refractivity (Wildman–Crippen MR) is 58.3 cm³/mol. The molecule has 1 aromatic rings. The lowest BCUT2D eigenvalue weighted by atomic mass is 10.0. The van der Waals surface area contributed by atoms with Crippen molar-refractivity contribution >= 4 is 16.8 Å². The van der Waals surface area contributed by atoms with Crippen LogP contribution in [0.5, 0.6) is 0 Å². The van der Waals surface area contributed by atoms with Gasteiger partial charge in [0, 0.05) is 5.56 Å². The summed E-state index contributed by atoms with van der Waals surface area (Å²) in [5.74, 6) is 5.02. The lowest BCUT2D eigenvalue weighted by molar-refractivity contribution is -0.111. The van der Waals surface area contributed by atoms with Crippen LogP contribution in [0, 0.1) is 24.6 Å². The molecule has 78 valence electrons. The maximum atomic E-state index is 13.5. The molecule has 0 aliphatic carbocycles. The van der Waals surface area contributed by atoms with E-state index in [0.29, 0.717) is 16.7 Å². The first-order valence-electron chi connectivity index (χ1n) is 4.44. The Labute approximate surface area is 93.3 Å². The Bertz CT molecular complexity index is 431. The number of carbonyl (C=O) groups is 1. The van der Waals surface area contributed by atoms with E-state index < -0.39 is 11.1 Å². The van der Waals surface area contributed by atoms with Crippen molar-refractivity contribution < 1.29 is 9.18 Å². The van der Waals surface area contributed by atoms with Crippen molar-refractivity contribution in [1.82, 2.24) is 0 Å². The average Bonchev–Trinajstić information content (AvgIpc) is 2.11. The van der Waals surface area contributed by atoms with Gasteiger partial charge in [0.25, 0.3) is 0 Å². The number of benzene rings is 1. The summed E-state index contributed by atoms with van der Waals surface area (Å²) in [6.07, 6.45) is -0.0843. The SMILES string of the molecule is CC#Cc1cc(C)c(CC(=O)Cl)c(F)c1. The summed E-state index contributed by atoms with van der Waals surface area (Å²) in [6, 6.07) is 3.06. The largest absolute Gasteiger partial charge is 0.281 e. The predicted octanol–water partition coefficient (Wildman–Crippen LogP) is 2.81. The Morgan fingerprint density at radius 3 is 2.67 bits per heavy atom. The second-order valence-electron chi connectivity index (χ2n) is 3.16. The molecule has 1 aromatic carbocycles. The molecule has 0 saturated heterocycles. The van der Waals surface area contributed by atoms with Crippen LogP contribution in [-0.2, 0) is 11.2 Å². The fraction of sp³-hybridized carbons (Fsp3) is 0.250. The molecule has 0 aromatic heterocycles. The van der Waals surface area contributed by atoms with E-state index >= 15 is 0 Å². The van der Waals surface area contributed by atoms with Crippen molar-refractivity contribution in [3.05, 3.63) is 34.6 Å². The van der Waals surface area contributed by atoms with Gasteiger partial charge in [-0.25, -0.2) is 4.39 Å². The molecule has 15 heavy (non-hydrogen) atoms. The first kappa shape index (κ1) is 11.7. The van der Waals surface area contributed by atoms with Crippen LogP contribution >= 0.6 is 11.6 Å². The molecule has 1 rings (SSSR count). The normalized spacial score (nSPS) is 9.33. The standard InChI is InChI=1S/C12H10ClFO/c1-3-4-9-5-8(2)10(7-12(13)15)11(14)6-9/h5-6H,7H2,1-2H3. The van der Waals surface area contributed by atoms with Gasteiger partial charge in [0.05, 0.1) is 6.42 Å². The lowest BCUT2D eigenvalue weighted by Crippen LogP contribution is -2.01. The number of hydrogen-bond donors (Lipinski definition) is 0. The van der Waals surface area contributed by atoms with Crippen molar-refractivity contribution in [2.45, 2.75) is 20.3 Å². The van der Waals surface area contributed by atoms with E-state index in [9.17, 15) is 9.18 Å². The van der Waals surface area contributed by atoms with Crippen molar-refractivity contribution in [2.75, 3.05) is 0 Å². The van der Waals surface area contributed by atoms with E-state index in [1.807, 2.05) is 0 Å². The fourth-order valence-corrected chi connectivity index (χ4v) is 1.49. The zero-order valence-corrected chi connectivity index (χ0v) is 9.28. The van der Waals surface area contributed by atoms with Crippen LogP contribution in [-0.4, -0.2) is 5.24 Å². The maximum absolute atomic E-state index is 13.5. The zero-order valence-electron chi connectivity index (χ0n) is 8.53. The molecule has 0 heterocycles. The summed E-state index contributed by atoms with van der Waals surface area (Å²) in [6.45, 7) is 3.42. The van der Waals surface area contributed by atoms with Crippen molar-refractivity contribution in [2.24, 2.45) is 0 Å². The van der Waals surface area contributed by atoms with E-state index in [4.69, 9.17) is 11.6 Å². The van der Waals surface area contributed by atoms with Crippen molar-refractivity contribution in [1.29, 1.82) is 0 Å². The Hall–Kier alpha value is -1.33. The molecule has 0 aliphatic rings. The van der Waals surface area contributed by atoms with Crippen LogP contribution in [0.1, 0.15) is 23.6 Å². The Morgan fingerprint density at radius 1 is 1.53 bits per heavy atom. The molecule has 0 radical (unpaired) electrons. The Kier molecular flexibility index (Phi) is 3.88. The van der Waals surface area contributed by atoms with Gasteiger partial charge in [0.2, 0.25) is 5.24 Å². The Morgan fingerprint density at radius 2 is 2.20 bits per heavy atom. The van der Waals surface area contributed by atoms with Crippen molar-refractivity contribution in [3.8, 4) is 11.8 Å². The maximum Gasteiger partial charge on any atom is 0.226 e. The molecule has 0 unspecified atom stereocenters. The van der Waals surface area contributed by atoms with Crippen LogP contribution in [0.25, 0.3) is 0 Å². The Balaban J connectivity index is 3.18. The van der Waals surface area contributed by atoms with Gasteiger partial charge in [-0.2, -0.15) is 0 Å². The van der Waals surface area contributed by atoms with Crippen LogP contribution in [0.2, 0.25) is 0 Å². The quantitative estimate of drug-likeness (QED) is 0.558. The monoisotopic (exact) mass is 224 g/mol. The van der Waals surface area contributed by atoms with Crippen LogP contribution in [0.15, 0.2) is 12.1 Å². The minimum absolute atomic E-state index is 0.0843. The summed E-state index contributed by atoms with van der Waals surface area (Å²) in [7, 11) is 0. The molecule has 0 bridgehead atoms. The van der Waals surface area contributed by atoms with E-state index in [0.717, 1.165) is 0 Å². The van der Waals surface area contributed by atoms with E-state index in [1.165, 1.54) is 6.07 Å². The highest BCUT2D eigenvalue weighted by molar-refractivity contribution is 6.63. The highest BCUT2D eigenvalue weighted by Crippen LogP contribution is 2.17. The number of hydrogen-bond acceptors (Lipinski definition) is 1. The topological polar surface area (TPSA) is 17.1 Å². The zero-order chi connectivity index (χ0) is 11.4. The van der Waals surface area contributed by atoms with Gasteiger partial charge < -0.3 is 0 Å². The fourth-order valence-electron chi connectivity index (χ4n) is 1.35. The van der Waals surface area contributed by atoms with Crippen LogP contribution in [0.3, 0.4) is 0 Å². The number of carbonyl (C=O) groups excluding carboxylic acids is 1. The molecule has 0 amide bonds. The summed E-state index contributed by atoms with van der Waals surface area (Å²) < 4.78 is 13.5. The third-order valence-electron chi connectivity index (χ3n) is 2.00. The van der Waals surface area contributed by atoms with Gasteiger partial charge in [-0.3, -0.25) is 4.79 Å². The van der Waals surface area contributed by atoms with E-state index in [2.05, 4.69) is 11.8 Å². The van der Waals surface area contributed by atoms with Crippen LogP contribution < -0.4 is 0 Å². The molecule has 0 spiro atoms. The van der Waals surface area contributed by atoms with Crippen molar-refractivity contribution in [3.63, 3.8) is 0 Å². The number of aryl methyl sites for hydroxylation is 1. The third kappa shape index (κ3) is 3.07. The molecule has 0 N–H and O–H groups in total. The smallest absolute Gasteiger partial charge is 0.226 e. The minimum atomic E-state index is -0.564. The van der Waals surface area contributed by atoms with Gasteiger partial charge in [0.1, 0.15) is 5.82 Å². The highest BCUT2D eigenvalue weighted by Gasteiger charge is 2.10. The third-order valence-corrected chi connectivity index (χ3v) is 2.14. The number of rotatable bonds is 2.